The molecule has 0 amide bonds. The van der Waals surface area contributed by atoms with E-state index in [9.17, 15) is 4.79 Å². The Morgan fingerprint density at radius 3 is 2.79 bits per heavy atom. The molecule has 0 aliphatic carbocycles. The van der Waals surface area contributed by atoms with Crippen LogP contribution in [0, 0.1) is 5.92 Å². The molecule has 0 spiro atoms. The van der Waals surface area contributed by atoms with Crippen molar-refractivity contribution in [2.24, 2.45) is 5.92 Å². The minimum Gasteiger partial charge on any atom is -0.482 e. The summed E-state index contributed by atoms with van der Waals surface area (Å²) in [6.07, 6.45) is 0. The van der Waals surface area contributed by atoms with Gasteiger partial charge in [-0.05, 0) is 18.1 Å². The Bertz CT molecular complexity index is 393. The van der Waals surface area contributed by atoms with E-state index in [0.29, 0.717) is 30.6 Å². The Labute approximate surface area is 113 Å². The van der Waals surface area contributed by atoms with Crippen LogP contribution in [0.2, 0.25) is 0 Å². The van der Waals surface area contributed by atoms with Gasteiger partial charge in [-0.25, -0.2) is 4.79 Å². The van der Waals surface area contributed by atoms with Gasteiger partial charge >= 0.3 is 5.97 Å². The van der Waals surface area contributed by atoms with Crippen molar-refractivity contribution in [1.82, 2.24) is 0 Å². The molecule has 0 aliphatic heterocycles. The molecule has 5 nitrogen and oxygen atoms in total. The van der Waals surface area contributed by atoms with Crippen molar-refractivity contribution in [1.29, 1.82) is 0 Å². The van der Waals surface area contributed by atoms with Crippen molar-refractivity contribution < 1.29 is 19.0 Å². The topological polar surface area (TPSA) is 70.8 Å². The van der Waals surface area contributed by atoms with Gasteiger partial charge in [0.05, 0.1) is 6.61 Å². The summed E-state index contributed by atoms with van der Waals surface area (Å²) in [5.74, 6) is 0.603. The first-order chi connectivity index (χ1) is 9.08. The molecule has 1 aromatic rings. The molecule has 0 fully saturated rings. The van der Waals surface area contributed by atoms with E-state index in [1.807, 2.05) is 0 Å². The second-order valence-corrected chi connectivity index (χ2v) is 4.55. The number of hydrogen-bond donors (Lipinski definition) is 1. The molecule has 106 valence electrons. The number of nitrogens with two attached hydrogens (primary N) is 1. The third-order valence-electron chi connectivity index (χ3n) is 2.16. The fourth-order valence-electron chi connectivity index (χ4n) is 1.32. The first-order valence-corrected chi connectivity index (χ1v) is 6.29. The predicted octanol–water partition coefficient (Wildman–Crippen LogP) is 1.86. The average molecular weight is 267 g/mol. The van der Waals surface area contributed by atoms with Gasteiger partial charge in [0.1, 0.15) is 12.4 Å². The van der Waals surface area contributed by atoms with Crippen molar-refractivity contribution >= 4 is 11.7 Å². The second-order valence-electron chi connectivity index (χ2n) is 4.55. The Morgan fingerprint density at radius 1 is 1.32 bits per heavy atom. The van der Waals surface area contributed by atoms with Crippen LogP contribution in [-0.4, -0.2) is 32.4 Å². The van der Waals surface area contributed by atoms with Crippen LogP contribution in [-0.2, 0) is 14.3 Å². The molecule has 0 saturated heterocycles. The highest BCUT2D eigenvalue weighted by molar-refractivity contribution is 5.71. The number of carbonyl (C=O) groups is 1. The fraction of sp³-hybridized carbons (Fsp3) is 0.500. The van der Waals surface area contributed by atoms with Crippen LogP contribution in [0.25, 0.3) is 0 Å². The highest BCUT2D eigenvalue weighted by Gasteiger charge is 2.04. The highest BCUT2D eigenvalue weighted by Crippen LogP contribution is 2.14. The van der Waals surface area contributed by atoms with Gasteiger partial charge < -0.3 is 19.9 Å². The van der Waals surface area contributed by atoms with Gasteiger partial charge in [-0.15, -0.1) is 0 Å². The second kappa shape index (κ2) is 8.37. The normalized spacial score (nSPS) is 10.5. The van der Waals surface area contributed by atoms with Gasteiger partial charge in [-0.3, -0.25) is 0 Å². The molecule has 0 aromatic heterocycles. The van der Waals surface area contributed by atoms with Crippen molar-refractivity contribution in [2.45, 2.75) is 13.8 Å². The smallest absolute Gasteiger partial charge is 0.344 e. The zero-order chi connectivity index (χ0) is 14.1. The molecule has 0 saturated carbocycles. The lowest BCUT2D eigenvalue weighted by molar-refractivity contribution is -0.147. The van der Waals surface area contributed by atoms with Crippen molar-refractivity contribution in [2.75, 3.05) is 32.2 Å². The zero-order valence-electron chi connectivity index (χ0n) is 11.4. The lowest BCUT2D eigenvalue weighted by Gasteiger charge is -2.09. The maximum atomic E-state index is 11.4. The van der Waals surface area contributed by atoms with Crippen LogP contribution in [0.3, 0.4) is 0 Å². The van der Waals surface area contributed by atoms with E-state index >= 15 is 0 Å². The van der Waals surface area contributed by atoms with Crippen molar-refractivity contribution in [3.05, 3.63) is 24.3 Å². The number of hydrogen-bond acceptors (Lipinski definition) is 5. The molecule has 0 atom stereocenters. The number of anilines is 1. The van der Waals surface area contributed by atoms with Crippen molar-refractivity contribution in [3.8, 4) is 5.75 Å². The maximum absolute atomic E-state index is 11.4. The number of benzene rings is 1. The van der Waals surface area contributed by atoms with E-state index in [4.69, 9.17) is 19.9 Å². The summed E-state index contributed by atoms with van der Waals surface area (Å²) in [4.78, 5) is 11.4. The Balaban J connectivity index is 2.11. The molecule has 0 unspecified atom stereocenters. The van der Waals surface area contributed by atoms with Crippen LogP contribution in [0.5, 0.6) is 5.75 Å². The number of nitrogen functional groups attached to an aromatic ring is 1. The number of ether oxygens (including phenoxy) is 3. The minimum atomic E-state index is -0.421. The SMILES string of the molecule is CC(C)COCCOC(=O)COc1cccc(N)c1. The first-order valence-electron chi connectivity index (χ1n) is 6.29. The van der Waals surface area contributed by atoms with E-state index in [-0.39, 0.29) is 13.2 Å². The first kappa shape index (κ1) is 15.3. The van der Waals surface area contributed by atoms with Gasteiger partial charge in [0.2, 0.25) is 0 Å². The standard InChI is InChI=1S/C14H21NO4/c1-11(2)9-17-6-7-18-14(16)10-19-13-5-3-4-12(15)8-13/h3-5,8,11H,6-7,9-10,15H2,1-2H3. The lowest BCUT2D eigenvalue weighted by atomic mass is 10.2. The Kier molecular flexibility index (Phi) is 6.74. The van der Waals surface area contributed by atoms with Crippen molar-refractivity contribution in [3.63, 3.8) is 0 Å². The third kappa shape index (κ3) is 7.31. The molecule has 19 heavy (non-hydrogen) atoms. The summed E-state index contributed by atoms with van der Waals surface area (Å²) in [6, 6.07) is 6.89. The molecular weight excluding hydrogens is 246 g/mol. The summed E-state index contributed by atoms with van der Waals surface area (Å²) >= 11 is 0. The van der Waals surface area contributed by atoms with E-state index in [1.165, 1.54) is 0 Å². The highest BCUT2D eigenvalue weighted by atomic mass is 16.6. The number of esters is 1. The Hall–Kier alpha value is -1.75. The minimum absolute atomic E-state index is 0.131. The number of carbonyl (C=O) groups excluding carboxylic acids is 1. The van der Waals surface area contributed by atoms with Gasteiger partial charge in [0, 0.05) is 18.4 Å². The maximum Gasteiger partial charge on any atom is 0.344 e. The average Bonchev–Trinajstić information content (AvgIpc) is 2.35. The van der Waals surface area contributed by atoms with Gasteiger partial charge in [0.15, 0.2) is 6.61 Å². The summed E-state index contributed by atoms with van der Waals surface area (Å²) in [5, 5.41) is 0. The lowest BCUT2D eigenvalue weighted by Crippen LogP contribution is -2.18. The quantitative estimate of drug-likeness (QED) is 0.442. The third-order valence-corrected chi connectivity index (χ3v) is 2.16. The number of rotatable bonds is 8. The van der Waals surface area contributed by atoms with Gasteiger partial charge in [-0.1, -0.05) is 19.9 Å². The molecule has 0 heterocycles. The monoisotopic (exact) mass is 267 g/mol. The van der Waals surface area contributed by atoms with E-state index in [0.717, 1.165) is 0 Å². The molecule has 2 N–H and O–H groups in total. The van der Waals surface area contributed by atoms with E-state index in [2.05, 4.69) is 13.8 Å². The van der Waals surface area contributed by atoms with Crippen LogP contribution in [0.1, 0.15) is 13.8 Å². The zero-order valence-corrected chi connectivity index (χ0v) is 11.4. The Morgan fingerprint density at radius 2 is 2.11 bits per heavy atom. The van der Waals surface area contributed by atoms with E-state index in [1.54, 1.807) is 24.3 Å². The summed E-state index contributed by atoms with van der Waals surface area (Å²) < 4.78 is 15.5. The van der Waals surface area contributed by atoms with Crippen LogP contribution >= 0.6 is 0 Å². The predicted molar refractivity (Wildman–Crippen MR) is 73.0 cm³/mol. The molecular formula is C14H21NO4. The molecule has 1 rings (SSSR count). The fourth-order valence-corrected chi connectivity index (χ4v) is 1.32. The molecule has 0 bridgehead atoms. The molecule has 1 aromatic carbocycles. The molecule has 0 aliphatic rings. The molecule has 5 heteroatoms. The van der Waals surface area contributed by atoms with E-state index < -0.39 is 5.97 Å². The summed E-state index contributed by atoms with van der Waals surface area (Å²) in [5.41, 5.74) is 6.18. The summed E-state index contributed by atoms with van der Waals surface area (Å²) in [7, 11) is 0. The van der Waals surface area contributed by atoms with Crippen LogP contribution < -0.4 is 10.5 Å². The van der Waals surface area contributed by atoms with Crippen LogP contribution in [0.4, 0.5) is 5.69 Å². The van der Waals surface area contributed by atoms with Gasteiger partial charge in [0.25, 0.3) is 0 Å². The van der Waals surface area contributed by atoms with Gasteiger partial charge in [-0.2, -0.15) is 0 Å². The van der Waals surface area contributed by atoms with Crippen LogP contribution in [0.15, 0.2) is 24.3 Å². The largest absolute Gasteiger partial charge is 0.482 e. The molecule has 0 radical (unpaired) electrons. The summed E-state index contributed by atoms with van der Waals surface area (Å²) in [6.45, 7) is 5.30.